The third kappa shape index (κ3) is 4.43. The Morgan fingerprint density at radius 3 is 2.68 bits per heavy atom. The van der Waals surface area contributed by atoms with Gasteiger partial charge in [0.1, 0.15) is 6.10 Å². The SMILES string of the molecule is Cc1ccc(NS(C)(=O)=O)c(NC(=O)[C@@H]2CC[C@H](CN)O2)c1. The van der Waals surface area contributed by atoms with Gasteiger partial charge in [0.05, 0.1) is 23.7 Å². The van der Waals surface area contributed by atoms with Crippen LogP contribution in [0.2, 0.25) is 0 Å². The first-order chi connectivity index (χ1) is 10.3. The van der Waals surface area contributed by atoms with E-state index in [1.54, 1.807) is 18.2 Å². The van der Waals surface area contributed by atoms with Crippen LogP contribution in [0.25, 0.3) is 0 Å². The second kappa shape index (κ2) is 6.64. The average molecular weight is 327 g/mol. The van der Waals surface area contributed by atoms with Gasteiger partial charge in [-0.1, -0.05) is 6.07 Å². The van der Waals surface area contributed by atoms with Crippen LogP contribution in [0.5, 0.6) is 0 Å². The molecule has 122 valence electrons. The van der Waals surface area contributed by atoms with Gasteiger partial charge in [-0.05, 0) is 37.5 Å². The molecule has 8 heteroatoms. The highest BCUT2D eigenvalue weighted by molar-refractivity contribution is 7.92. The van der Waals surface area contributed by atoms with E-state index >= 15 is 0 Å². The molecule has 1 aliphatic rings. The number of benzene rings is 1. The lowest BCUT2D eigenvalue weighted by atomic mass is 10.1. The number of amides is 1. The zero-order valence-electron chi connectivity index (χ0n) is 12.6. The van der Waals surface area contributed by atoms with E-state index in [2.05, 4.69) is 10.0 Å². The van der Waals surface area contributed by atoms with Gasteiger partial charge in [0.25, 0.3) is 5.91 Å². The molecule has 0 aliphatic carbocycles. The van der Waals surface area contributed by atoms with Crippen molar-refractivity contribution in [2.24, 2.45) is 5.73 Å². The van der Waals surface area contributed by atoms with Crippen LogP contribution in [0.1, 0.15) is 18.4 Å². The van der Waals surface area contributed by atoms with Crippen molar-refractivity contribution in [3.8, 4) is 0 Å². The fourth-order valence-electron chi connectivity index (χ4n) is 2.34. The maximum absolute atomic E-state index is 12.3. The molecular formula is C14H21N3O4S. The Bertz CT molecular complexity index is 660. The lowest BCUT2D eigenvalue weighted by molar-refractivity contribution is -0.126. The number of ether oxygens (including phenoxy) is 1. The minimum atomic E-state index is -3.43. The maximum Gasteiger partial charge on any atom is 0.253 e. The summed E-state index contributed by atoms with van der Waals surface area (Å²) in [6.07, 6.45) is 1.76. The normalized spacial score (nSPS) is 21.6. The highest BCUT2D eigenvalue weighted by Crippen LogP contribution is 2.26. The molecule has 0 unspecified atom stereocenters. The minimum Gasteiger partial charge on any atom is -0.364 e. The lowest BCUT2D eigenvalue weighted by Crippen LogP contribution is -2.30. The fourth-order valence-corrected chi connectivity index (χ4v) is 2.91. The van der Waals surface area contributed by atoms with Crippen LogP contribution in [0.15, 0.2) is 18.2 Å². The minimum absolute atomic E-state index is 0.0955. The molecule has 0 radical (unpaired) electrons. The van der Waals surface area contributed by atoms with Crippen molar-refractivity contribution in [3.05, 3.63) is 23.8 Å². The van der Waals surface area contributed by atoms with E-state index in [0.717, 1.165) is 18.2 Å². The Labute approximate surface area is 130 Å². The summed E-state index contributed by atoms with van der Waals surface area (Å²) in [5, 5.41) is 2.73. The zero-order valence-corrected chi connectivity index (χ0v) is 13.4. The molecule has 1 aromatic carbocycles. The highest BCUT2D eigenvalue weighted by atomic mass is 32.2. The number of nitrogens with one attached hydrogen (secondary N) is 2. The number of anilines is 2. The molecule has 1 aliphatic heterocycles. The first kappa shape index (κ1) is 16.7. The van der Waals surface area contributed by atoms with Crippen LogP contribution in [-0.2, 0) is 19.6 Å². The number of hydrogen-bond acceptors (Lipinski definition) is 5. The van der Waals surface area contributed by atoms with Gasteiger partial charge in [-0.2, -0.15) is 0 Å². The predicted molar refractivity (Wildman–Crippen MR) is 85.2 cm³/mol. The smallest absolute Gasteiger partial charge is 0.253 e. The first-order valence-corrected chi connectivity index (χ1v) is 8.92. The van der Waals surface area contributed by atoms with Crippen LogP contribution in [0.3, 0.4) is 0 Å². The summed E-state index contributed by atoms with van der Waals surface area (Å²) in [4.78, 5) is 12.3. The van der Waals surface area contributed by atoms with Crippen molar-refractivity contribution in [1.29, 1.82) is 0 Å². The summed E-state index contributed by atoms with van der Waals surface area (Å²) in [7, 11) is -3.43. The molecule has 1 heterocycles. The Kier molecular flexibility index (Phi) is 5.05. The Hall–Kier alpha value is -1.64. The predicted octanol–water partition coefficient (Wildman–Crippen LogP) is 0.811. The van der Waals surface area contributed by atoms with E-state index in [-0.39, 0.29) is 12.0 Å². The molecule has 1 aromatic rings. The Morgan fingerprint density at radius 1 is 1.36 bits per heavy atom. The second-order valence-corrected chi connectivity index (χ2v) is 7.22. The molecule has 0 spiro atoms. The molecule has 1 fully saturated rings. The quantitative estimate of drug-likeness (QED) is 0.741. The fraction of sp³-hybridized carbons (Fsp3) is 0.500. The summed E-state index contributed by atoms with van der Waals surface area (Å²) < 4.78 is 30.7. The van der Waals surface area contributed by atoms with Crippen molar-refractivity contribution >= 4 is 27.3 Å². The topological polar surface area (TPSA) is 111 Å². The average Bonchev–Trinajstić information content (AvgIpc) is 2.89. The van der Waals surface area contributed by atoms with Gasteiger partial charge in [0, 0.05) is 6.54 Å². The number of carbonyl (C=O) groups is 1. The van der Waals surface area contributed by atoms with E-state index < -0.39 is 16.1 Å². The van der Waals surface area contributed by atoms with E-state index in [1.165, 1.54) is 0 Å². The Morgan fingerprint density at radius 2 is 2.09 bits per heavy atom. The molecule has 22 heavy (non-hydrogen) atoms. The second-order valence-electron chi connectivity index (χ2n) is 5.47. The maximum atomic E-state index is 12.3. The zero-order chi connectivity index (χ0) is 16.3. The molecule has 2 rings (SSSR count). The molecule has 2 atom stereocenters. The van der Waals surface area contributed by atoms with Crippen molar-refractivity contribution in [2.75, 3.05) is 22.8 Å². The molecular weight excluding hydrogens is 306 g/mol. The van der Waals surface area contributed by atoms with Crippen LogP contribution in [0.4, 0.5) is 11.4 Å². The Balaban J connectivity index is 2.14. The van der Waals surface area contributed by atoms with Crippen LogP contribution in [0, 0.1) is 6.92 Å². The van der Waals surface area contributed by atoms with Crippen molar-refractivity contribution in [3.63, 3.8) is 0 Å². The molecule has 0 aromatic heterocycles. The van der Waals surface area contributed by atoms with Crippen LogP contribution in [-0.4, -0.2) is 39.3 Å². The van der Waals surface area contributed by atoms with E-state index in [9.17, 15) is 13.2 Å². The number of sulfonamides is 1. The third-order valence-electron chi connectivity index (χ3n) is 3.39. The van der Waals surface area contributed by atoms with Gasteiger partial charge in [0.2, 0.25) is 10.0 Å². The lowest BCUT2D eigenvalue weighted by Gasteiger charge is -2.16. The van der Waals surface area contributed by atoms with Crippen LogP contribution < -0.4 is 15.8 Å². The van der Waals surface area contributed by atoms with Crippen molar-refractivity contribution in [1.82, 2.24) is 0 Å². The summed E-state index contributed by atoms with van der Waals surface area (Å²) in [5.74, 6) is -0.293. The molecule has 4 N–H and O–H groups in total. The highest BCUT2D eigenvalue weighted by Gasteiger charge is 2.30. The first-order valence-electron chi connectivity index (χ1n) is 7.03. The summed E-state index contributed by atoms with van der Waals surface area (Å²) >= 11 is 0. The van der Waals surface area contributed by atoms with Crippen molar-refractivity contribution < 1.29 is 17.9 Å². The van der Waals surface area contributed by atoms with Gasteiger partial charge in [-0.25, -0.2) is 8.42 Å². The molecule has 0 bridgehead atoms. The van der Waals surface area contributed by atoms with Gasteiger partial charge in [-0.15, -0.1) is 0 Å². The van der Waals surface area contributed by atoms with Crippen molar-refractivity contribution in [2.45, 2.75) is 32.0 Å². The van der Waals surface area contributed by atoms with Gasteiger partial charge in [0.15, 0.2) is 0 Å². The summed E-state index contributed by atoms with van der Waals surface area (Å²) in [6, 6.07) is 5.09. The van der Waals surface area contributed by atoms with E-state index in [4.69, 9.17) is 10.5 Å². The van der Waals surface area contributed by atoms with Crippen LogP contribution >= 0.6 is 0 Å². The number of rotatable bonds is 5. The monoisotopic (exact) mass is 327 g/mol. The molecule has 1 saturated heterocycles. The molecule has 1 amide bonds. The van der Waals surface area contributed by atoms with Gasteiger partial charge < -0.3 is 15.8 Å². The summed E-state index contributed by atoms with van der Waals surface area (Å²) in [5.41, 5.74) is 7.17. The standard InChI is InChI=1S/C14H21N3O4S/c1-9-3-5-11(17-22(2,19)20)12(7-9)16-14(18)13-6-4-10(8-15)21-13/h3,5,7,10,13,17H,4,6,8,15H2,1-2H3,(H,16,18)/t10-,13+/m1/s1. The largest absolute Gasteiger partial charge is 0.364 e. The third-order valence-corrected chi connectivity index (χ3v) is 3.98. The molecule has 0 saturated carbocycles. The number of aryl methyl sites for hydroxylation is 1. The van der Waals surface area contributed by atoms with Gasteiger partial charge in [-0.3, -0.25) is 9.52 Å². The van der Waals surface area contributed by atoms with Gasteiger partial charge >= 0.3 is 0 Å². The van der Waals surface area contributed by atoms with E-state index in [0.29, 0.717) is 24.3 Å². The van der Waals surface area contributed by atoms with E-state index in [1.807, 2.05) is 6.92 Å². The number of nitrogens with two attached hydrogens (primary N) is 1. The molecule has 7 nitrogen and oxygen atoms in total. The number of hydrogen-bond donors (Lipinski definition) is 3. The number of carbonyl (C=O) groups excluding carboxylic acids is 1. The summed E-state index contributed by atoms with van der Waals surface area (Å²) in [6.45, 7) is 2.24.